The second kappa shape index (κ2) is 13.3. The fourth-order valence-electron chi connectivity index (χ4n) is 0.899. The molecule has 0 N–H and O–H groups in total. The molecule has 124 valence electrons. The van der Waals surface area contributed by atoms with Crippen LogP contribution in [0, 0.1) is 64.2 Å². The number of hydrogen-bond acceptors (Lipinski definition) is 0. The Hall–Kier alpha value is 1.07. The van der Waals surface area contributed by atoms with Gasteiger partial charge in [0.1, 0.15) is 0 Å². The standard InChI is InChI=1S/2C5H5.C4F6Se2.Ti/c2*1-2-4-5-3-1;5-3(6,7)1(11)2(12)4(8,9)10;/h2*1-5H;;/b;;2-1-;. The second-order valence-corrected chi connectivity index (χ2v) is 5.29. The Bertz CT molecular complexity index is 284. The number of halogens is 6. The molecule has 0 aromatic heterocycles. The fourth-order valence-corrected chi connectivity index (χ4v) is 1.38. The second-order valence-electron chi connectivity index (χ2n) is 3.58. The Morgan fingerprint density at radius 3 is 0.696 bits per heavy atom. The van der Waals surface area contributed by atoms with Crippen LogP contribution >= 0.6 is 0 Å². The zero-order valence-corrected chi connectivity index (χ0v) is 16.3. The summed E-state index contributed by atoms with van der Waals surface area (Å²) < 4.78 is 66.2. The first-order valence-corrected chi connectivity index (χ1v) is 7.34. The molecule has 0 spiro atoms. The molecule has 0 atom stereocenters. The Labute approximate surface area is 165 Å². The Morgan fingerprint density at radius 1 is 0.478 bits per heavy atom. The van der Waals surface area contributed by atoms with E-state index in [1.165, 1.54) is 32.0 Å². The molecule has 2 aliphatic rings. The zero-order chi connectivity index (χ0) is 17.2. The van der Waals surface area contributed by atoms with E-state index in [4.69, 9.17) is 0 Å². The van der Waals surface area contributed by atoms with Gasteiger partial charge in [0.25, 0.3) is 0 Å². The molecule has 0 unspecified atom stereocenters. The average molecular weight is 498 g/mol. The predicted molar refractivity (Wildman–Crippen MR) is 73.6 cm³/mol. The largest absolute Gasteiger partial charge is 0.0312 e. The van der Waals surface area contributed by atoms with Crippen LogP contribution in [0.15, 0.2) is 8.94 Å². The number of rotatable bonds is 0. The maximum absolute atomic E-state index is 11.6. The Balaban J connectivity index is 0. The van der Waals surface area contributed by atoms with Gasteiger partial charge in [-0.1, -0.05) is 0 Å². The molecule has 2 aliphatic carbocycles. The van der Waals surface area contributed by atoms with Crippen LogP contribution in [-0.4, -0.2) is 44.4 Å². The normalized spacial score (nSPS) is 18.7. The minimum absolute atomic E-state index is 0. The van der Waals surface area contributed by atoms with Crippen molar-refractivity contribution in [3.05, 3.63) is 73.2 Å². The molecule has 0 aromatic rings. The van der Waals surface area contributed by atoms with Crippen LogP contribution < -0.4 is 0 Å². The molecule has 9 heteroatoms. The Morgan fingerprint density at radius 2 is 0.609 bits per heavy atom. The summed E-state index contributed by atoms with van der Waals surface area (Å²) >= 11 is 2.65. The maximum Gasteiger partial charge on any atom is 0 e. The molecule has 0 saturated heterocycles. The summed E-state index contributed by atoms with van der Waals surface area (Å²) in [5.74, 6) is 0. The topological polar surface area (TPSA) is 0 Å². The van der Waals surface area contributed by atoms with E-state index in [1.54, 1.807) is 0 Å². The summed E-state index contributed by atoms with van der Waals surface area (Å²) in [6, 6.07) is 0. The van der Waals surface area contributed by atoms with Crippen molar-refractivity contribution in [2.45, 2.75) is 12.4 Å². The quantitative estimate of drug-likeness (QED) is 0.354. The molecule has 0 aromatic carbocycles. The Kier molecular flexibility index (Phi) is 15.2. The van der Waals surface area contributed by atoms with Crippen LogP contribution in [0.1, 0.15) is 0 Å². The molecular formula is C14H10F6Se2Ti. The van der Waals surface area contributed by atoms with Gasteiger partial charge in [-0.3, -0.25) is 0 Å². The van der Waals surface area contributed by atoms with E-state index in [2.05, 4.69) is 0 Å². The predicted octanol–water partition coefficient (Wildman–Crippen LogP) is 3.70. The first-order valence-electron chi connectivity index (χ1n) is 5.63. The summed E-state index contributed by atoms with van der Waals surface area (Å²) in [7, 11) is 0. The maximum atomic E-state index is 11.6. The smallest absolute Gasteiger partial charge is 0 e. The number of hydrogen-bond donors (Lipinski definition) is 0. The van der Waals surface area contributed by atoms with Crippen LogP contribution in [0.2, 0.25) is 0 Å². The molecule has 2 saturated carbocycles. The van der Waals surface area contributed by atoms with Gasteiger partial charge in [0.2, 0.25) is 0 Å². The third-order valence-corrected chi connectivity index (χ3v) is 4.32. The molecule has 0 amide bonds. The van der Waals surface area contributed by atoms with Gasteiger partial charge in [-0.15, -0.1) is 0 Å². The van der Waals surface area contributed by atoms with Gasteiger partial charge in [-0.25, -0.2) is 0 Å². The molecular weight excluding hydrogens is 488 g/mol. The summed E-state index contributed by atoms with van der Waals surface area (Å²) in [6.07, 6.45) is 10.0. The third-order valence-electron chi connectivity index (χ3n) is 1.83. The van der Waals surface area contributed by atoms with Crippen molar-refractivity contribution in [1.29, 1.82) is 0 Å². The van der Waals surface area contributed by atoms with Gasteiger partial charge in [0.05, 0.1) is 0 Å². The van der Waals surface area contributed by atoms with Gasteiger partial charge in [0.15, 0.2) is 0 Å². The van der Waals surface area contributed by atoms with Crippen molar-refractivity contribution >= 4 is 32.0 Å². The van der Waals surface area contributed by atoms with E-state index in [0.29, 0.717) is 0 Å². The van der Waals surface area contributed by atoms with Gasteiger partial charge in [-0.2, -0.15) is 0 Å². The van der Waals surface area contributed by atoms with E-state index in [0.717, 1.165) is 0 Å². The average Bonchev–Trinajstić information content (AvgIpc) is 3.11. The molecule has 0 bridgehead atoms. The van der Waals surface area contributed by atoms with Crippen molar-refractivity contribution in [2.75, 3.05) is 0 Å². The van der Waals surface area contributed by atoms with Gasteiger partial charge < -0.3 is 0 Å². The first-order chi connectivity index (χ1) is 10.1. The van der Waals surface area contributed by atoms with E-state index in [-0.39, 0.29) is 21.7 Å². The van der Waals surface area contributed by atoms with Crippen LogP contribution in [0.4, 0.5) is 26.3 Å². The molecule has 2 rings (SSSR count). The van der Waals surface area contributed by atoms with Crippen LogP contribution in [0.25, 0.3) is 0 Å². The summed E-state index contributed by atoms with van der Waals surface area (Å²) in [4.78, 5) is 0. The molecule has 2 fully saturated rings. The number of alkyl halides is 6. The van der Waals surface area contributed by atoms with Gasteiger partial charge in [-0.05, 0) is 64.2 Å². The van der Waals surface area contributed by atoms with E-state index >= 15 is 0 Å². The van der Waals surface area contributed by atoms with Gasteiger partial charge >= 0.3 is 79.7 Å². The third kappa shape index (κ3) is 14.0. The molecule has 12 radical (unpaired) electrons. The van der Waals surface area contributed by atoms with Gasteiger partial charge in [0, 0.05) is 21.7 Å². The van der Waals surface area contributed by atoms with Crippen LogP contribution in [0.3, 0.4) is 0 Å². The molecule has 23 heavy (non-hydrogen) atoms. The van der Waals surface area contributed by atoms with Crippen molar-refractivity contribution in [1.82, 2.24) is 0 Å². The minimum Gasteiger partial charge on any atom is -0.0312 e. The number of allylic oxidation sites excluding steroid dienone is 2. The van der Waals surface area contributed by atoms with Crippen LogP contribution in [-0.2, 0) is 21.7 Å². The van der Waals surface area contributed by atoms with E-state index < -0.39 is 21.3 Å². The minimum atomic E-state index is -4.99. The molecule has 0 aliphatic heterocycles. The molecule has 0 nitrogen and oxygen atoms in total. The van der Waals surface area contributed by atoms with Crippen LogP contribution in [0.5, 0.6) is 0 Å². The summed E-state index contributed by atoms with van der Waals surface area (Å²) in [5.41, 5.74) is 0. The van der Waals surface area contributed by atoms with Crippen molar-refractivity contribution in [2.24, 2.45) is 0 Å². The van der Waals surface area contributed by atoms with E-state index in [1.807, 2.05) is 64.2 Å². The molecule has 0 heterocycles. The van der Waals surface area contributed by atoms with E-state index in [9.17, 15) is 26.3 Å². The SMILES string of the molecule is FC(F)(F)/C([Se])=C(/[Se])C(F)(F)F.[CH]1[CH][CH][CH][CH]1.[CH]1[CH][CH][CH][CH]1.[Ti]. The summed E-state index contributed by atoms with van der Waals surface area (Å²) in [6.45, 7) is 0. The zero-order valence-electron chi connectivity index (χ0n) is 11.4. The first kappa shape index (κ1) is 26.3. The fraction of sp³-hybridized carbons (Fsp3) is 0.143. The van der Waals surface area contributed by atoms with Crippen molar-refractivity contribution < 1.29 is 48.1 Å². The van der Waals surface area contributed by atoms with Crippen molar-refractivity contribution in [3.63, 3.8) is 0 Å². The van der Waals surface area contributed by atoms with Crippen molar-refractivity contribution in [3.8, 4) is 0 Å². The monoisotopic (exact) mass is 500 g/mol. The summed E-state index contributed by atoms with van der Waals surface area (Å²) in [5, 5.41) is 0.